The van der Waals surface area contributed by atoms with Gasteiger partial charge in [-0.25, -0.2) is 15.0 Å². The molecule has 0 aliphatic heterocycles. The molecule has 0 fully saturated rings. The molecule has 0 amide bonds. The first-order valence-electron chi connectivity index (χ1n) is 7.05. The van der Waals surface area contributed by atoms with Gasteiger partial charge >= 0.3 is 0 Å². The van der Waals surface area contributed by atoms with Gasteiger partial charge in [0.25, 0.3) is 0 Å². The van der Waals surface area contributed by atoms with Crippen molar-refractivity contribution in [2.75, 3.05) is 16.4 Å². The van der Waals surface area contributed by atoms with E-state index in [1.54, 1.807) is 18.2 Å². The first kappa shape index (κ1) is 16.3. The third-order valence-electron chi connectivity index (χ3n) is 3.14. The number of halogens is 2. The van der Waals surface area contributed by atoms with Gasteiger partial charge in [0.1, 0.15) is 17.8 Å². The van der Waals surface area contributed by atoms with E-state index in [0.717, 1.165) is 5.69 Å². The Morgan fingerprint density at radius 2 is 1.62 bits per heavy atom. The number of hydrogen-bond acceptors (Lipinski definition) is 6. The minimum atomic E-state index is 0.358. The van der Waals surface area contributed by atoms with E-state index in [1.807, 2.05) is 25.1 Å². The summed E-state index contributed by atoms with van der Waals surface area (Å²) in [5, 5.41) is 7.20. The fraction of sp³-hybridized carbons (Fsp3) is 0.0625. The molecule has 0 atom stereocenters. The van der Waals surface area contributed by atoms with Crippen LogP contribution < -0.4 is 16.4 Å². The number of nitrogen functional groups attached to an aromatic ring is 1. The zero-order valence-electron chi connectivity index (χ0n) is 12.7. The summed E-state index contributed by atoms with van der Waals surface area (Å²) in [7, 11) is 0. The number of aromatic nitrogens is 3. The van der Waals surface area contributed by atoms with Crippen LogP contribution >= 0.6 is 23.2 Å². The molecule has 0 unspecified atom stereocenters. The summed E-state index contributed by atoms with van der Waals surface area (Å²) < 4.78 is 0. The van der Waals surface area contributed by atoms with Crippen molar-refractivity contribution in [3.63, 3.8) is 0 Å². The van der Waals surface area contributed by atoms with Crippen LogP contribution in [0, 0.1) is 6.92 Å². The Morgan fingerprint density at radius 3 is 2.29 bits per heavy atom. The predicted octanol–water partition coefficient (Wildman–Crippen LogP) is 4.56. The lowest BCUT2D eigenvalue weighted by Gasteiger charge is -2.12. The van der Waals surface area contributed by atoms with Crippen LogP contribution in [0.15, 0.2) is 42.7 Å². The lowest BCUT2D eigenvalue weighted by molar-refractivity contribution is 1.15. The number of pyridine rings is 1. The summed E-state index contributed by atoms with van der Waals surface area (Å²) in [6.07, 6.45) is 1.41. The summed E-state index contributed by atoms with van der Waals surface area (Å²) in [6, 6.07) is 10.7. The van der Waals surface area contributed by atoms with E-state index in [-0.39, 0.29) is 0 Å². The van der Waals surface area contributed by atoms with Crippen LogP contribution in [0.3, 0.4) is 0 Å². The van der Waals surface area contributed by atoms with Crippen LogP contribution in [-0.2, 0) is 0 Å². The quantitative estimate of drug-likeness (QED) is 0.632. The van der Waals surface area contributed by atoms with Crippen molar-refractivity contribution in [2.45, 2.75) is 6.92 Å². The number of benzene rings is 1. The van der Waals surface area contributed by atoms with Gasteiger partial charge in [-0.05, 0) is 37.3 Å². The molecule has 0 saturated heterocycles. The van der Waals surface area contributed by atoms with E-state index >= 15 is 0 Å². The molecule has 0 bridgehead atoms. The number of anilines is 5. The second kappa shape index (κ2) is 6.90. The second-order valence-electron chi connectivity index (χ2n) is 5.06. The highest BCUT2D eigenvalue weighted by atomic mass is 35.5. The highest BCUT2D eigenvalue weighted by molar-refractivity contribution is 6.35. The van der Waals surface area contributed by atoms with Gasteiger partial charge in [-0.15, -0.1) is 0 Å². The third kappa shape index (κ3) is 3.84. The Morgan fingerprint density at radius 1 is 0.958 bits per heavy atom. The van der Waals surface area contributed by atoms with Gasteiger partial charge in [-0.3, -0.25) is 0 Å². The fourth-order valence-electron chi connectivity index (χ4n) is 2.09. The maximum atomic E-state index is 6.15. The number of nitrogens with zero attached hydrogens (tertiary/aromatic N) is 3. The molecule has 122 valence electrons. The number of rotatable bonds is 4. The van der Waals surface area contributed by atoms with Crippen molar-refractivity contribution < 1.29 is 0 Å². The van der Waals surface area contributed by atoms with E-state index in [9.17, 15) is 0 Å². The minimum absolute atomic E-state index is 0.358. The van der Waals surface area contributed by atoms with E-state index in [0.29, 0.717) is 38.9 Å². The maximum absolute atomic E-state index is 6.15. The molecule has 24 heavy (non-hydrogen) atoms. The smallest absolute Gasteiger partial charge is 0.160 e. The van der Waals surface area contributed by atoms with Crippen LogP contribution in [-0.4, -0.2) is 15.0 Å². The molecular formula is C16H14Cl2N6. The largest absolute Gasteiger partial charge is 0.393 e. The van der Waals surface area contributed by atoms with Gasteiger partial charge in [-0.2, -0.15) is 0 Å². The van der Waals surface area contributed by atoms with Crippen molar-refractivity contribution in [3.8, 4) is 0 Å². The highest BCUT2D eigenvalue weighted by Crippen LogP contribution is 2.30. The Balaban J connectivity index is 1.88. The number of aryl methyl sites for hydroxylation is 1. The second-order valence-corrected chi connectivity index (χ2v) is 5.93. The van der Waals surface area contributed by atoms with E-state index < -0.39 is 0 Å². The van der Waals surface area contributed by atoms with Crippen LogP contribution in [0.1, 0.15) is 5.69 Å². The van der Waals surface area contributed by atoms with E-state index in [1.165, 1.54) is 6.33 Å². The Kier molecular flexibility index (Phi) is 4.69. The van der Waals surface area contributed by atoms with Gasteiger partial charge in [0.05, 0.1) is 0 Å². The van der Waals surface area contributed by atoms with Gasteiger partial charge in [0, 0.05) is 21.4 Å². The molecule has 1 aromatic carbocycles. The van der Waals surface area contributed by atoms with Gasteiger partial charge in [0.2, 0.25) is 0 Å². The zero-order valence-corrected chi connectivity index (χ0v) is 14.2. The van der Waals surface area contributed by atoms with E-state index in [2.05, 4.69) is 25.6 Å². The molecule has 0 spiro atoms. The minimum Gasteiger partial charge on any atom is -0.393 e. The van der Waals surface area contributed by atoms with Crippen molar-refractivity contribution in [1.29, 1.82) is 0 Å². The number of hydrogen-bond donors (Lipinski definition) is 3. The van der Waals surface area contributed by atoms with Gasteiger partial charge in [-0.1, -0.05) is 29.3 Å². The SMILES string of the molecule is Cc1cccc(Nc2ncnc(Nc3cc(Cl)cc(Cl)c3)c2N)n1. The molecule has 8 heteroatoms. The van der Waals surface area contributed by atoms with Crippen molar-refractivity contribution in [2.24, 2.45) is 0 Å². The zero-order chi connectivity index (χ0) is 17.1. The fourth-order valence-corrected chi connectivity index (χ4v) is 2.62. The summed E-state index contributed by atoms with van der Waals surface area (Å²) in [5.41, 5.74) is 8.07. The topological polar surface area (TPSA) is 88.8 Å². The molecule has 4 N–H and O–H groups in total. The monoisotopic (exact) mass is 360 g/mol. The molecule has 2 aromatic heterocycles. The third-order valence-corrected chi connectivity index (χ3v) is 3.58. The summed E-state index contributed by atoms with van der Waals surface area (Å²) in [4.78, 5) is 12.7. The lowest BCUT2D eigenvalue weighted by Crippen LogP contribution is -2.06. The Labute approximate surface area is 149 Å². The molecule has 3 aromatic rings. The lowest BCUT2D eigenvalue weighted by atomic mass is 10.3. The van der Waals surface area contributed by atoms with E-state index in [4.69, 9.17) is 28.9 Å². The molecule has 0 saturated carbocycles. The maximum Gasteiger partial charge on any atom is 0.160 e. The Bertz CT molecular complexity index is 864. The van der Waals surface area contributed by atoms with Gasteiger partial charge < -0.3 is 16.4 Å². The van der Waals surface area contributed by atoms with Crippen molar-refractivity contribution >= 4 is 52.0 Å². The van der Waals surface area contributed by atoms with Crippen LogP contribution in [0.2, 0.25) is 10.0 Å². The number of nitrogens with one attached hydrogen (secondary N) is 2. The molecule has 6 nitrogen and oxygen atoms in total. The summed E-state index contributed by atoms with van der Waals surface area (Å²) in [5.74, 6) is 1.55. The summed E-state index contributed by atoms with van der Waals surface area (Å²) in [6.45, 7) is 1.91. The standard InChI is InChI=1S/C16H14Cl2N6/c1-9-3-2-4-13(22-9)24-16-14(19)15(20-8-21-16)23-12-6-10(17)5-11(18)7-12/h2-8H,19H2,1H3,(H2,20,21,22,23,24). The normalized spacial score (nSPS) is 10.5. The molecular weight excluding hydrogens is 347 g/mol. The average Bonchev–Trinajstić information content (AvgIpc) is 2.50. The van der Waals surface area contributed by atoms with Gasteiger partial charge in [0.15, 0.2) is 11.6 Å². The van der Waals surface area contributed by atoms with Crippen molar-refractivity contribution in [1.82, 2.24) is 15.0 Å². The first-order chi connectivity index (χ1) is 11.5. The molecule has 0 radical (unpaired) electrons. The van der Waals surface area contributed by atoms with Crippen LogP contribution in [0.25, 0.3) is 0 Å². The predicted molar refractivity (Wildman–Crippen MR) is 98.4 cm³/mol. The molecule has 0 aliphatic carbocycles. The summed E-state index contributed by atoms with van der Waals surface area (Å²) >= 11 is 12.0. The molecule has 0 aliphatic rings. The molecule has 2 heterocycles. The highest BCUT2D eigenvalue weighted by Gasteiger charge is 2.10. The van der Waals surface area contributed by atoms with Crippen molar-refractivity contribution in [3.05, 3.63) is 58.5 Å². The van der Waals surface area contributed by atoms with Crippen LogP contribution in [0.4, 0.5) is 28.8 Å². The molecule has 3 rings (SSSR count). The average molecular weight is 361 g/mol. The Hall–Kier alpha value is -2.57. The number of nitrogens with two attached hydrogens (primary N) is 1. The van der Waals surface area contributed by atoms with Crippen LogP contribution in [0.5, 0.6) is 0 Å². The first-order valence-corrected chi connectivity index (χ1v) is 7.81.